The summed E-state index contributed by atoms with van der Waals surface area (Å²) in [7, 11) is 0. The molecule has 0 bridgehead atoms. The summed E-state index contributed by atoms with van der Waals surface area (Å²) >= 11 is 0. The molecular weight excluding hydrogens is 134 g/mol. The molecule has 4 nitrogen and oxygen atoms in total. The average molecular weight is 145 g/mol. The molecule has 0 fully saturated rings. The highest BCUT2D eigenvalue weighted by Crippen LogP contribution is 1.79. The van der Waals surface area contributed by atoms with Gasteiger partial charge in [0, 0.05) is 6.54 Å². The van der Waals surface area contributed by atoms with Gasteiger partial charge in [0.2, 0.25) is 5.91 Å². The first-order valence-electron chi connectivity index (χ1n) is 3.13. The lowest BCUT2D eigenvalue weighted by molar-refractivity contribution is -0.130. The van der Waals surface area contributed by atoms with Gasteiger partial charge in [-0.25, -0.2) is 0 Å². The highest BCUT2D eigenvalue weighted by molar-refractivity contribution is 5.75. The quantitative estimate of drug-likeness (QED) is 0.426. The molecule has 1 N–H and O–H groups in total. The summed E-state index contributed by atoms with van der Waals surface area (Å²) in [5.41, 5.74) is 0. The van der Waals surface area contributed by atoms with Gasteiger partial charge in [0.1, 0.15) is 0 Å². The van der Waals surface area contributed by atoms with Crippen molar-refractivity contribution in [2.24, 2.45) is 0 Å². The van der Waals surface area contributed by atoms with Crippen molar-refractivity contribution < 1.29 is 14.3 Å². The Hall–Kier alpha value is -1.06. The van der Waals surface area contributed by atoms with Crippen molar-refractivity contribution in [3.63, 3.8) is 0 Å². The fraction of sp³-hybridized carbons (Fsp3) is 0.667. The number of amides is 1. The van der Waals surface area contributed by atoms with E-state index in [0.717, 1.165) is 0 Å². The highest BCUT2D eigenvalue weighted by Gasteiger charge is 1.96. The fourth-order valence-corrected chi connectivity index (χ4v) is 0.485. The summed E-state index contributed by atoms with van der Waals surface area (Å²) in [4.78, 5) is 20.2. The van der Waals surface area contributed by atoms with Gasteiger partial charge >= 0.3 is 0 Å². The Morgan fingerprint density at radius 3 is 2.90 bits per heavy atom. The zero-order chi connectivity index (χ0) is 7.82. The Labute approximate surface area is 59.6 Å². The third-order valence-electron chi connectivity index (χ3n) is 0.889. The van der Waals surface area contributed by atoms with Crippen molar-refractivity contribution in [3.05, 3.63) is 0 Å². The van der Waals surface area contributed by atoms with Gasteiger partial charge in [-0.2, -0.15) is 0 Å². The molecule has 0 aromatic carbocycles. The van der Waals surface area contributed by atoms with Crippen molar-refractivity contribution in [1.82, 2.24) is 5.32 Å². The second kappa shape index (κ2) is 6.07. The van der Waals surface area contributed by atoms with Crippen LogP contribution in [0.3, 0.4) is 0 Å². The van der Waals surface area contributed by atoms with Crippen molar-refractivity contribution in [2.75, 3.05) is 13.2 Å². The lowest BCUT2D eigenvalue weighted by Gasteiger charge is -1.99. The summed E-state index contributed by atoms with van der Waals surface area (Å²) in [6.45, 7) is 2.94. The summed E-state index contributed by atoms with van der Waals surface area (Å²) in [6, 6.07) is 0. The molecule has 0 atom stereocenters. The van der Waals surface area contributed by atoms with E-state index < -0.39 is 0 Å². The van der Waals surface area contributed by atoms with E-state index in [0.29, 0.717) is 13.0 Å². The largest absolute Gasteiger partial charge is 0.467 e. The Kier molecular flexibility index (Phi) is 5.42. The van der Waals surface area contributed by atoms with Crippen molar-refractivity contribution in [2.45, 2.75) is 13.3 Å². The molecule has 0 saturated carbocycles. The maximum absolute atomic E-state index is 10.6. The van der Waals surface area contributed by atoms with Crippen LogP contribution in [0.25, 0.3) is 0 Å². The standard InChI is InChI=1S/C6H11NO3/c1-2-7-6(9)3-4-10-5-8/h5H,2-4H2,1H3,(H,7,9). The van der Waals surface area contributed by atoms with Crippen LogP contribution in [0.15, 0.2) is 0 Å². The molecule has 4 heteroatoms. The van der Waals surface area contributed by atoms with Crippen LogP contribution in [0, 0.1) is 0 Å². The van der Waals surface area contributed by atoms with E-state index >= 15 is 0 Å². The molecule has 0 aromatic heterocycles. The summed E-state index contributed by atoms with van der Waals surface area (Å²) in [6.07, 6.45) is 0.243. The van der Waals surface area contributed by atoms with E-state index in [4.69, 9.17) is 0 Å². The summed E-state index contributed by atoms with van der Waals surface area (Å²) in [5, 5.41) is 2.57. The predicted molar refractivity (Wildman–Crippen MR) is 35.3 cm³/mol. The molecule has 58 valence electrons. The SMILES string of the molecule is CCNC(=O)CCOC=O. The van der Waals surface area contributed by atoms with E-state index in [1.165, 1.54) is 0 Å². The average Bonchev–Trinajstić information content (AvgIpc) is 1.89. The minimum Gasteiger partial charge on any atom is -0.467 e. The Balaban J connectivity index is 3.13. The van der Waals surface area contributed by atoms with Gasteiger partial charge in [0.25, 0.3) is 6.47 Å². The third-order valence-corrected chi connectivity index (χ3v) is 0.889. The lowest BCUT2D eigenvalue weighted by atomic mass is 10.4. The number of carbonyl (C=O) groups excluding carboxylic acids is 2. The van der Waals surface area contributed by atoms with Gasteiger partial charge in [-0.3, -0.25) is 9.59 Å². The van der Waals surface area contributed by atoms with Crippen LogP contribution in [0.5, 0.6) is 0 Å². The van der Waals surface area contributed by atoms with Crippen molar-refractivity contribution in [1.29, 1.82) is 0 Å². The van der Waals surface area contributed by atoms with E-state index in [2.05, 4.69) is 10.1 Å². The minimum absolute atomic E-state index is 0.0932. The smallest absolute Gasteiger partial charge is 0.293 e. The van der Waals surface area contributed by atoms with Crippen LogP contribution in [-0.4, -0.2) is 25.5 Å². The molecule has 0 aliphatic carbocycles. The van der Waals surface area contributed by atoms with Crippen LogP contribution in [0.4, 0.5) is 0 Å². The maximum atomic E-state index is 10.6. The number of ether oxygens (including phenoxy) is 1. The lowest BCUT2D eigenvalue weighted by Crippen LogP contribution is -2.23. The summed E-state index contributed by atoms with van der Waals surface area (Å²) in [5.74, 6) is -0.0932. The number of hydrogen-bond acceptors (Lipinski definition) is 3. The number of carbonyl (C=O) groups is 2. The van der Waals surface area contributed by atoms with E-state index in [1.54, 1.807) is 0 Å². The van der Waals surface area contributed by atoms with Gasteiger partial charge in [0.05, 0.1) is 13.0 Å². The number of hydrogen-bond donors (Lipinski definition) is 1. The molecule has 0 radical (unpaired) electrons. The van der Waals surface area contributed by atoms with Gasteiger partial charge in [0.15, 0.2) is 0 Å². The van der Waals surface area contributed by atoms with Crippen LogP contribution in [0.2, 0.25) is 0 Å². The Morgan fingerprint density at radius 2 is 2.40 bits per heavy atom. The monoisotopic (exact) mass is 145 g/mol. The first-order chi connectivity index (χ1) is 4.81. The van der Waals surface area contributed by atoms with Crippen molar-refractivity contribution >= 4 is 12.4 Å². The second-order valence-electron chi connectivity index (χ2n) is 1.67. The van der Waals surface area contributed by atoms with Gasteiger partial charge in [-0.1, -0.05) is 0 Å². The van der Waals surface area contributed by atoms with Crippen LogP contribution >= 0.6 is 0 Å². The normalized spacial score (nSPS) is 8.50. The highest BCUT2D eigenvalue weighted by atomic mass is 16.5. The van der Waals surface area contributed by atoms with Gasteiger partial charge in [-0.15, -0.1) is 0 Å². The van der Waals surface area contributed by atoms with Crippen molar-refractivity contribution in [3.8, 4) is 0 Å². The van der Waals surface area contributed by atoms with E-state index in [9.17, 15) is 9.59 Å². The minimum atomic E-state index is -0.0932. The zero-order valence-corrected chi connectivity index (χ0v) is 5.92. The molecule has 0 aliphatic rings. The van der Waals surface area contributed by atoms with E-state index in [-0.39, 0.29) is 18.9 Å². The predicted octanol–water partition coefficient (Wildman–Crippen LogP) is -0.314. The molecule has 0 saturated heterocycles. The first kappa shape index (κ1) is 8.94. The molecule has 0 spiro atoms. The van der Waals surface area contributed by atoms with E-state index in [1.807, 2.05) is 6.92 Å². The first-order valence-corrected chi connectivity index (χ1v) is 3.13. The zero-order valence-electron chi connectivity index (χ0n) is 5.92. The maximum Gasteiger partial charge on any atom is 0.293 e. The third kappa shape index (κ3) is 5.08. The molecule has 0 aliphatic heterocycles. The Morgan fingerprint density at radius 1 is 1.70 bits per heavy atom. The van der Waals surface area contributed by atoms with Gasteiger partial charge < -0.3 is 10.1 Å². The van der Waals surface area contributed by atoms with Crippen LogP contribution in [0.1, 0.15) is 13.3 Å². The molecule has 0 aromatic rings. The second-order valence-corrected chi connectivity index (χ2v) is 1.67. The Bertz CT molecular complexity index is 114. The number of rotatable bonds is 5. The molecule has 10 heavy (non-hydrogen) atoms. The molecular formula is C6H11NO3. The number of nitrogens with one attached hydrogen (secondary N) is 1. The fourth-order valence-electron chi connectivity index (χ4n) is 0.485. The topological polar surface area (TPSA) is 55.4 Å². The van der Waals surface area contributed by atoms with Crippen LogP contribution < -0.4 is 5.32 Å². The van der Waals surface area contributed by atoms with Crippen LogP contribution in [-0.2, 0) is 14.3 Å². The van der Waals surface area contributed by atoms with Gasteiger partial charge in [-0.05, 0) is 6.92 Å². The molecule has 0 unspecified atom stereocenters. The molecule has 1 amide bonds. The molecule has 0 heterocycles. The summed E-state index contributed by atoms with van der Waals surface area (Å²) < 4.78 is 4.31. The molecule has 0 rings (SSSR count).